The van der Waals surface area contributed by atoms with Crippen molar-refractivity contribution in [1.29, 1.82) is 0 Å². The van der Waals surface area contributed by atoms with Crippen LogP contribution >= 0.6 is 0 Å². The lowest BCUT2D eigenvalue weighted by Crippen LogP contribution is -2.22. The zero-order chi connectivity index (χ0) is 12.4. The maximum Gasteiger partial charge on any atom is 0.00449 e. The van der Waals surface area contributed by atoms with Gasteiger partial charge in [-0.1, -0.05) is 38.2 Å². The monoisotopic (exact) mass is 224 g/mol. The Morgan fingerprint density at radius 2 is 1.62 bits per heavy atom. The van der Waals surface area contributed by atoms with E-state index in [4.69, 9.17) is 11.5 Å². The molecule has 0 aliphatic heterocycles. The van der Waals surface area contributed by atoms with Crippen molar-refractivity contribution in [3.63, 3.8) is 0 Å². The van der Waals surface area contributed by atoms with Gasteiger partial charge < -0.3 is 11.5 Å². The summed E-state index contributed by atoms with van der Waals surface area (Å²) in [5, 5.41) is 0. The molecule has 2 nitrogen and oxygen atoms in total. The van der Waals surface area contributed by atoms with Gasteiger partial charge in [-0.25, -0.2) is 0 Å². The minimum atomic E-state index is 0.237. The maximum absolute atomic E-state index is 5.66. The lowest BCUT2D eigenvalue weighted by molar-refractivity contribution is 0.384. The van der Waals surface area contributed by atoms with Gasteiger partial charge in [-0.15, -0.1) is 0 Å². The van der Waals surface area contributed by atoms with Gasteiger partial charge in [0.1, 0.15) is 0 Å². The summed E-state index contributed by atoms with van der Waals surface area (Å²) >= 11 is 0. The van der Waals surface area contributed by atoms with Crippen molar-refractivity contribution in [1.82, 2.24) is 0 Å². The molecule has 16 heavy (non-hydrogen) atoms. The van der Waals surface area contributed by atoms with E-state index in [9.17, 15) is 0 Å². The van der Waals surface area contributed by atoms with E-state index in [1.165, 1.54) is 0 Å². The molecule has 0 rings (SSSR count). The first-order chi connectivity index (χ1) is 7.48. The first-order valence-corrected chi connectivity index (χ1v) is 6.23. The normalized spacial score (nSPS) is 15.1. The highest BCUT2D eigenvalue weighted by Gasteiger charge is 2.12. The summed E-state index contributed by atoms with van der Waals surface area (Å²) in [7, 11) is 0. The first kappa shape index (κ1) is 15.4. The van der Waals surface area contributed by atoms with Crippen molar-refractivity contribution in [3.8, 4) is 0 Å². The molecule has 0 fully saturated rings. The molecule has 0 aromatic rings. The first-order valence-electron chi connectivity index (χ1n) is 6.23. The average Bonchev–Trinajstić information content (AvgIpc) is 2.21. The summed E-state index contributed by atoms with van der Waals surface area (Å²) in [6.45, 7) is 7.16. The second-order valence-corrected chi connectivity index (χ2v) is 5.31. The van der Waals surface area contributed by atoms with Crippen molar-refractivity contribution in [2.45, 2.75) is 52.5 Å². The lowest BCUT2D eigenvalue weighted by Gasteiger charge is -2.19. The topological polar surface area (TPSA) is 52.0 Å². The molecule has 1 unspecified atom stereocenters. The molecule has 0 saturated carbocycles. The molecule has 0 aliphatic carbocycles. The molecule has 4 N–H and O–H groups in total. The minimum absolute atomic E-state index is 0.237. The second kappa shape index (κ2) is 8.54. The molecule has 0 amide bonds. The minimum Gasteiger partial charge on any atom is -0.330 e. The van der Waals surface area contributed by atoms with Crippen LogP contribution in [0.1, 0.15) is 46.5 Å². The van der Waals surface area contributed by atoms with Crippen LogP contribution in [0.4, 0.5) is 0 Å². The Labute approximate surface area is 101 Å². The van der Waals surface area contributed by atoms with Gasteiger partial charge in [0.2, 0.25) is 0 Å². The molecule has 0 aromatic heterocycles. The third kappa shape index (κ3) is 9.94. The van der Waals surface area contributed by atoms with Gasteiger partial charge >= 0.3 is 0 Å². The van der Waals surface area contributed by atoms with Gasteiger partial charge in [0.15, 0.2) is 0 Å². The Balaban J connectivity index is 3.52. The van der Waals surface area contributed by atoms with Crippen molar-refractivity contribution >= 4 is 0 Å². The zero-order valence-electron chi connectivity index (χ0n) is 11.1. The van der Waals surface area contributed by atoms with E-state index in [0.717, 1.165) is 32.2 Å². The fraction of sp³-hybridized carbons (Fsp3) is 0.714. The van der Waals surface area contributed by atoms with E-state index >= 15 is 0 Å². The Bertz CT molecular complexity index is 215. The van der Waals surface area contributed by atoms with Crippen LogP contribution in [-0.2, 0) is 0 Å². The van der Waals surface area contributed by atoms with Crippen molar-refractivity contribution in [3.05, 3.63) is 24.3 Å². The van der Waals surface area contributed by atoms with Crippen molar-refractivity contribution < 1.29 is 0 Å². The molecule has 0 heterocycles. The molecule has 0 aromatic carbocycles. The Morgan fingerprint density at radius 1 is 1.06 bits per heavy atom. The number of unbranched alkanes of at least 4 members (excludes halogenated alkanes) is 1. The standard InChI is InChI=1S/C14H28N2/c1-13(16)10-8-6-4-5-7-9-11-14(2,3)12-15/h6-9,13H,4-5,10-12,15-16H2,1-3H3/b8-6+,9-7+. The molecule has 0 aliphatic rings. The molecule has 94 valence electrons. The third-order valence-corrected chi connectivity index (χ3v) is 2.56. The Kier molecular flexibility index (Phi) is 8.22. The van der Waals surface area contributed by atoms with E-state index in [2.05, 4.69) is 38.2 Å². The molecule has 0 bridgehead atoms. The van der Waals surface area contributed by atoms with Crippen LogP contribution in [0.5, 0.6) is 0 Å². The molecule has 0 spiro atoms. The SMILES string of the molecule is CC(N)C/C=C/CC/C=C/CC(C)(C)CN. The van der Waals surface area contributed by atoms with E-state index in [1.54, 1.807) is 0 Å². The van der Waals surface area contributed by atoms with Gasteiger partial charge in [-0.3, -0.25) is 0 Å². The summed E-state index contributed by atoms with van der Waals surface area (Å²) in [4.78, 5) is 0. The maximum atomic E-state index is 5.66. The fourth-order valence-electron chi connectivity index (χ4n) is 1.22. The van der Waals surface area contributed by atoms with Gasteiger partial charge in [0.25, 0.3) is 0 Å². The zero-order valence-corrected chi connectivity index (χ0v) is 11.1. The van der Waals surface area contributed by atoms with Crippen LogP contribution in [0.25, 0.3) is 0 Å². The van der Waals surface area contributed by atoms with Gasteiger partial charge in [-0.05, 0) is 44.6 Å². The van der Waals surface area contributed by atoms with Crippen molar-refractivity contribution in [2.75, 3.05) is 6.54 Å². The largest absolute Gasteiger partial charge is 0.330 e. The number of allylic oxidation sites excluding steroid dienone is 3. The van der Waals surface area contributed by atoms with Crippen molar-refractivity contribution in [2.24, 2.45) is 16.9 Å². The highest BCUT2D eigenvalue weighted by Crippen LogP contribution is 2.18. The third-order valence-electron chi connectivity index (χ3n) is 2.56. The number of hydrogen-bond donors (Lipinski definition) is 2. The van der Waals surface area contributed by atoms with E-state index in [0.29, 0.717) is 0 Å². The van der Waals surface area contributed by atoms with Crippen LogP contribution < -0.4 is 11.5 Å². The number of hydrogen-bond acceptors (Lipinski definition) is 2. The smallest absolute Gasteiger partial charge is 0.00449 e. The van der Waals surface area contributed by atoms with Crippen LogP contribution in [0.2, 0.25) is 0 Å². The van der Waals surface area contributed by atoms with Crippen LogP contribution in [0.3, 0.4) is 0 Å². The van der Waals surface area contributed by atoms with E-state index in [1.807, 2.05) is 6.92 Å². The summed E-state index contributed by atoms with van der Waals surface area (Å²) in [5.74, 6) is 0. The quantitative estimate of drug-likeness (QED) is 0.492. The van der Waals surface area contributed by atoms with E-state index in [-0.39, 0.29) is 11.5 Å². The molecular weight excluding hydrogens is 196 g/mol. The van der Waals surface area contributed by atoms with Crippen LogP contribution in [-0.4, -0.2) is 12.6 Å². The summed E-state index contributed by atoms with van der Waals surface area (Å²) in [6, 6.07) is 0.275. The van der Waals surface area contributed by atoms with Gasteiger partial charge in [0.05, 0.1) is 0 Å². The fourth-order valence-corrected chi connectivity index (χ4v) is 1.22. The molecule has 2 heteroatoms. The molecular formula is C14H28N2. The second-order valence-electron chi connectivity index (χ2n) is 5.31. The predicted molar refractivity (Wildman–Crippen MR) is 73.2 cm³/mol. The molecule has 0 saturated heterocycles. The molecule has 1 atom stereocenters. The number of nitrogens with two attached hydrogens (primary N) is 2. The number of rotatable bonds is 8. The Morgan fingerprint density at radius 3 is 2.12 bits per heavy atom. The summed E-state index contributed by atoms with van der Waals surface area (Å²) in [5.41, 5.74) is 11.5. The predicted octanol–water partition coefficient (Wildman–Crippen LogP) is 2.99. The summed E-state index contributed by atoms with van der Waals surface area (Å²) < 4.78 is 0. The van der Waals surface area contributed by atoms with Crippen LogP contribution in [0, 0.1) is 5.41 Å². The highest BCUT2D eigenvalue weighted by atomic mass is 14.6. The van der Waals surface area contributed by atoms with Gasteiger partial charge in [-0.2, -0.15) is 0 Å². The summed E-state index contributed by atoms with van der Waals surface area (Å²) in [6.07, 6.45) is 13.1. The Hall–Kier alpha value is -0.600. The highest BCUT2D eigenvalue weighted by molar-refractivity contribution is 4.91. The molecule has 0 radical (unpaired) electrons. The average molecular weight is 224 g/mol. The van der Waals surface area contributed by atoms with Crippen LogP contribution in [0.15, 0.2) is 24.3 Å². The van der Waals surface area contributed by atoms with Gasteiger partial charge in [0, 0.05) is 6.04 Å². The van der Waals surface area contributed by atoms with E-state index < -0.39 is 0 Å². The lowest BCUT2D eigenvalue weighted by atomic mass is 9.89.